The molecule has 184 valence electrons. The summed E-state index contributed by atoms with van der Waals surface area (Å²) < 4.78 is 30.1. The number of hydrogen-bond acceptors (Lipinski definition) is 5. The molecule has 6 rings (SSSR count). The maximum Gasteiger partial charge on any atom is 0.352 e. The zero-order chi connectivity index (χ0) is 25.2. The average Bonchev–Trinajstić information content (AvgIpc) is 3.27. The highest BCUT2D eigenvalue weighted by molar-refractivity contribution is 7.93. The van der Waals surface area contributed by atoms with Gasteiger partial charge in [-0.3, -0.25) is 9.10 Å². The van der Waals surface area contributed by atoms with E-state index in [2.05, 4.69) is 20.2 Å². The minimum Gasteiger partial charge on any atom is -0.477 e. The summed E-state index contributed by atoms with van der Waals surface area (Å²) in [6.45, 7) is 4.51. The largest absolute Gasteiger partial charge is 0.477 e. The lowest BCUT2D eigenvalue weighted by molar-refractivity contribution is -0.910. The van der Waals surface area contributed by atoms with Crippen molar-refractivity contribution in [3.63, 3.8) is 0 Å². The number of β-lactam (4-membered cyclic amide) rings is 1. The molecule has 0 spiro atoms. The quantitative estimate of drug-likeness (QED) is 0.489. The molecule has 35 heavy (non-hydrogen) atoms. The number of aliphatic hydroxyl groups is 1. The maximum absolute atomic E-state index is 14.1. The summed E-state index contributed by atoms with van der Waals surface area (Å²) >= 11 is 0. The number of carbonyl (C=O) groups is 2. The summed E-state index contributed by atoms with van der Waals surface area (Å²) in [6.07, 6.45) is -0.918. The molecule has 4 atom stereocenters. The summed E-state index contributed by atoms with van der Waals surface area (Å²) in [7, 11) is 0.194. The second-order valence-corrected chi connectivity index (χ2v) is 12.7. The van der Waals surface area contributed by atoms with Crippen molar-refractivity contribution in [1.29, 1.82) is 0 Å². The van der Waals surface area contributed by atoms with E-state index in [1.165, 1.54) is 16.1 Å². The van der Waals surface area contributed by atoms with Crippen LogP contribution in [-0.2, 0) is 32.7 Å². The highest BCUT2D eigenvalue weighted by atomic mass is 32.2. The van der Waals surface area contributed by atoms with Gasteiger partial charge in [0, 0.05) is 22.4 Å². The van der Waals surface area contributed by atoms with Crippen molar-refractivity contribution in [3.8, 4) is 0 Å². The Morgan fingerprint density at radius 1 is 1.26 bits per heavy atom. The molecule has 2 aromatic carbocycles. The number of benzene rings is 2. The Labute approximate surface area is 203 Å². The van der Waals surface area contributed by atoms with Gasteiger partial charge in [-0.15, -0.1) is 0 Å². The van der Waals surface area contributed by atoms with Gasteiger partial charge in [-0.25, -0.2) is 13.2 Å². The molecule has 0 bridgehead atoms. The Hall–Kier alpha value is -2.95. The number of amides is 1. The first kappa shape index (κ1) is 22.5. The van der Waals surface area contributed by atoms with E-state index in [9.17, 15) is 28.2 Å². The van der Waals surface area contributed by atoms with E-state index in [1.54, 1.807) is 13.0 Å². The third-order valence-electron chi connectivity index (χ3n) is 8.13. The summed E-state index contributed by atoms with van der Waals surface area (Å²) in [6, 6.07) is 7.08. The van der Waals surface area contributed by atoms with Crippen LogP contribution < -0.4 is 4.31 Å². The molecule has 0 radical (unpaired) electrons. The fourth-order valence-corrected chi connectivity index (χ4v) is 8.59. The van der Waals surface area contributed by atoms with Crippen molar-refractivity contribution in [2.45, 2.75) is 44.0 Å². The van der Waals surface area contributed by atoms with Crippen LogP contribution >= 0.6 is 0 Å². The van der Waals surface area contributed by atoms with E-state index in [0.717, 1.165) is 23.1 Å². The molecule has 10 heteroatoms. The van der Waals surface area contributed by atoms with Crippen molar-refractivity contribution in [1.82, 2.24) is 4.90 Å². The summed E-state index contributed by atoms with van der Waals surface area (Å²) in [5, 5.41) is 21.6. The van der Waals surface area contributed by atoms with Crippen LogP contribution in [0.4, 0.5) is 5.69 Å². The lowest BCUT2D eigenvalue weighted by Gasteiger charge is -2.46. The number of fused-ring (bicyclic) bond motifs is 3. The molecule has 4 aliphatic rings. The Morgan fingerprint density at radius 2 is 1.97 bits per heavy atom. The number of nitrogens with zero attached hydrogens (tertiary/aromatic N) is 3. The highest BCUT2D eigenvalue weighted by Gasteiger charge is 2.60. The third kappa shape index (κ3) is 2.78. The molecule has 4 heterocycles. The van der Waals surface area contributed by atoms with E-state index in [4.69, 9.17) is 0 Å². The van der Waals surface area contributed by atoms with Gasteiger partial charge < -0.3 is 19.6 Å². The number of rotatable bonds is 4. The summed E-state index contributed by atoms with van der Waals surface area (Å²) in [4.78, 5) is 26.5. The van der Waals surface area contributed by atoms with Crippen molar-refractivity contribution in [3.05, 3.63) is 46.7 Å². The molecule has 2 aromatic rings. The molecule has 0 unspecified atom stereocenters. The number of carbonyl (C=O) groups excluding carboxylic acids is 1. The number of aliphatic carboxylic acids is 1. The first-order chi connectivity index (χ1) is 16.3. The zero-order valence-corrected chi connectivity index (χ0v) is 20.8. The van der Waals surface area contributed by atoms with Crippen LogP contribution in [0.15, 0.2) is 40.4 Å². The molecule has 1 saturated heterocycles. The number of carboxylic acids is 1. The maximum atomic E-state index is 14.1. The molecular formula is C25H28N3O6S+. The van der Waals surface area contributed by atoms with Gasteiger partial charge in [0.2, 0.25) is 5.91 Å². The van der Waals surface area contributed by atoms with E-state index >= 15 is 0 Å². The van der Waals surface area contributed by atoms with Crippen molar-refractivity contribution in [2.24, 2.45) is 11.8 Å². The number of hydrogen-bond donors (Lipinski definition) is 2. The second kappa shape index (κ2) is 6.83. The van der Waals surface area contributed by atoms with Gasteiger partial charge >= 0.3 is 5.97 Å². The Balaban J connectivity index is 1.49. The SMILES string of the molecule is C[C@@H](O)[C@H]1C(=O)N2C(C(=O)O)=C(CN3c4cccc5cc6c(c(c45)S3(=O)=O)C[N+](C)(C)C6)[C@H](C)[C@H]12. The predicted octanol–water partition coefficient (Wildman–Crippen LogP) is 1.63. The molecule has 0 aliphatic carbocycles. The molecule has 0 saturated carbocycles. The predicted molar refractivity (Wildman–Crippen MR) is 128 cm³/mol. The minimum absolute atomic E-state index is 0.154. The van der Waals surface area contributed by atoms with Crippen LogP contribution in [0.1, 0.15) is 25.0 Å². The molecule has 1 amide bonds. The van der Waals surface area contributed by atoms with Crippen LogP contribution in [0.5, 0.6) is 0 Å². The fourth-order valence-electron chi connectivity index (χ4n) is 6.67. The fraction of sp³-hybridized carbons (Fsp3) is 0.440. The van der Waals surface area contributed by atoms with Gasteiger partial charge in [0.25, 0.3) is 10.0 Å². The van der Waals surface area contributed by atoms with Crippen LogP contribution in [0.3, 0.4) is 0 Å². The molecule has 1 fully saturated rings. The normalized spacial score (nSPS) is 28.4. The van der Waals surface area contributed by atoms with E-state index < -0.39 is 45.9 Å². The Bertz CT molecular complexity index is 1490. The molecule has 4 aliphatic heterocycles. The monoisotopic (exact) mass is 498 g/mol. The topological polar surface area (TPSA) is 115 Å². The van der Waals surface area contributed by atoms with E-state index in [1.807, 2.05) is 12.1 Å². The van der Waals surface area contributed by atoms with Crippen LogP contribution in [0.2, 0.25) is 0 Å². The molecular weight excluding hydrogens is 470 g/mol. The van der Waals surface area contributed by atoms with Gasteiger partial charge in [0.05, 0.1) is 44.4 Å². The number of aliphatic hydroxyl groups excluding tert-OH is 1. The first-order valence-corrected chi connectivity index (χ1v) is 13.2. The number of quaternary nitrogens is 1. The van der Waals surface area contributed by atoms with Gasteiger partial charge in [-0.05, 0) is 30.0 Å². The molecule has 0 aromatic heterocycles. The summed E-state index contributed by atoms with van der Waals surface area (Å²) in [5.41, 5.74) is 2.62. The second-order valence-electron chi connectivity index (χ2n) is 10.9. The zero-order valence-electron chi connectivity index (χ0n) is 20.0. The summed E-state index contributed by atoms with van der Waals surface area (Å²) in [5.74, 6) is -2.80. The smallest absolute Gasteiger partial charge is 0.352 e. The number of sulfonamides is 1. The third-order valence-corrected chi connectivity index (χ3v) is 10.00. The Morgan fingerprint density at radius 3 is 2.63 bits per heavy atom. The van der Waals surface area contributed by atoms with Crippen LogP contribution in [-0.4, -0.2) is 72.7 Å². The lowest BCUT2D eigenvalue weighted by Crippen LogP contribution is -2.63. The average molecular weight is 499 g/mol. The van der Waals surface area contributed by atoms with Gasteiger partial charge in [-0.2, -0.15) is 0 Å². The van der Waals surface area contributed by atoms with E-state index in [0.29, 0.717) is 32.6 Å². The van der Waals surface area contributed by atoms with E-state index in [-0.39, 0.29) is 12.2 Å². The highest BCUT2D eigenvalue weighted by Crippen LogP contribution is 2.51. The van der Waals surface area contributed by atoms with Gasteiger partial charge in [-0.1, -0.05) is 19.1 Å². The molecule has 2 N–H and O–H groups in total. The van der Waals surface area contributed by atoms with Crippen molar-refractivity contribution < 1.29 is 32.7 Å². The molecule has 9 nitrogen and oxygen atoms in total. The van der Waals surface area contributed by atoms with Crippen molar-refractivity contribution >= 4 is 38.4 Å². The van der Waals surface area contributed by atoms with Crippen LogP contribution in [0, 0.1) is 11.8 Å². The lowest BCUT2D eigenvalue weighted by atomic mass is 9.78. The Kier molecular flexibility index (Phi) is 4.40. The van der Waals surface area contributed by atoms with Crippen molar-refractivity contribution in [2.75, 3.05) is 24.9 Å². The van der Waals surface area contributed by atoms with Gasteiger partial charge in [0.15, 0.2) is 0 Å². The number of carboxylic acid groups (broad SMARTS) is 1. The van der Waals surface area contributed by atoms with Crippen LogP contribution in [0.25, 0.3) is 10.8 Å². The standard InChI is InChI=1S/C25H27N3O6S/c1-12-16(22(25(31)32)27-21(12)19(13(2)29)24(27)30)9-26-18-7-5-6-14-8-15-10-28(3,4)11-17(15)23(20(14)18)35(26,33)34/h5-8,12-13,19,21,29H,9-11H2,1-4H3/p+1/t12-,13+,19+,21+/m0/s1. The number of anilines is 1. The minimum atomic E-state index is -3.95. The van der Waals surface area contributed by atoms with Gasteiger partial charge in [0.1, 0.15) is 23.7 Å². The first-order valence-electron chi connectivity index (χ1n) is 11.7.